The molecule has 0 aliphatic rings. The van der Waals surface area contributed by atoms with Crippen molar-refractivity contribution < 1.29 is 19.4 Å². The fourth-order valence-corrected chi connectivity index (χ4v) is 3.02. The van der Waals surface area contributed by atoms with Crippen LogP contribution in [0, 0.1) is 0 Å². The Morgan fingerprint density at radius 2 is 1.86 bits per heavy atom. The zero-order chi connectivity index (χ0) is 20.3. The predicted octanol–water partition coefficient (Wildman–Crippen LogP) is 2.62. The van der Waals surface area contributed by atoms with Crippen molar-refractivity contribution in [1.29, 1.82) is 0 Å². The maximum Gasteiger partial charge on any atom is 0.326 e. The van der Waals surface area contributed by atoms with Crippen molar-refractivity contribution in [1.82, 2.24) is 10.3 Å². The van der Waals surface area contributed by atoms with Gasteiger partial charge in [-0.05, 0) is 42.0 Å². The molecule has 0 fully saturated rings. The smallest absolute Gasteiger partial charge is 0.326 e. The molecule has 0 saturated carbocycles. The number of ether oxygens (including phenoxy) is 1. The van der Waals surface area contributed by atoms with E-state index < -0.39 is 17.9 Å². The fraction of sp³-hybridized carbons (Fsp3) is 0.150. The van der Waals surface area contributed by atoms with Crippen molar-refractivity contribution in [3.63, 3.8) is 0 Å². The molecule has 1 atom stereocenters. The van der Waals surface area contributed by atoms with Crippen molar-refractivity contribution in [3.05, 3.63) is 75.0 Å². The third-order valence-electron chi connectivity index (χ3n) is 4.30. The third-order valence-corrected chi connectivity index (χ3v) is 4.55. The molecule has 1 unspecified atom stereocenters. The summed E-state index contributed by atoms with van der Waals surface area (Å²) in [5.74, 6) is -1.22. The van der Waals surface area contributed by atoms with E-state index in [0.717, 1.165) is 0 Å². The number of carbonyl (C=O) groups is 2. The van der Waals surface area contributed by atoms with Gasteiger partial charge in [-0.1, -0.05) is 17.7 Å². The van der Waals surface area contributed by atoms with E-state index in [9.17, 15) is 19.5 Å². The van der Waals surface area contributed by atoms with Crippen molar-refractivity contribution >= 4 is 34.4 Å². The molecule has 0 saturated heterocycles. The number of pyridine rings is 1. The average molecular weight is 401 g/mol. The molecule has 0 aliphatic heterocycles. The van der Waals surface area contributed by atoms with Gasteiger partial charge in [-0.2, -0.15) is 0 Å². The number of nitrogens with one attached hydrogen (secondary N) is 2. The van der Waals surface area contributed by atoms with Gasteiger partial charge < -0.3 is 20.1 Å². The lowest BCUT2D eigenvalue weighted by Crippen LogP contribution is -2.42. The summed E-state index contributed by atoms with van der Waals surface area (Å²) in [6.07, 6.45) is 0.0290. The minimum Gasteiger partial charge on any atom is -0.495 e. The van der Waals surface area contributed by atoms with Crippen molar-refractivity contribution in [3.8, 4) is 5.75 Å². The van der Waals surface area contributed by atoms with Crippen LogP contribution in [0.3, 0.4) is 0 Å². The van der Waals surface area contributed by atoms with E-state index in [-0.39, 0.29) is 12.0 Å². The topological polar surface area (TPSA) is 108 Å². The van der Waals surface area contributed by atoms with Crippen LogP contribution < -0.4 is 15.6 Å². The summed E-state index contributed by atoms with van der Waals surface area (Å²) < 4.78 is 5.25. The van der Waals surface area contributed by atoms with E-state index in [4.69, 9.17) is 16.3 Å². The molecule has 0 radical (unpaired) electrons. The number of methoxy groups -OCH3 is 1. The zero-order valence-corrected chi connectivity index (χ0v) is 15.6. The molecular formula is C20H17ClN2O5. The highest BCUT2D eigenvalue weighted by Gasteiger charge is 2.22. The van der Waals surface area contributed by atoms with Crippen LogP contribution in [0.4, 0.5) is 0 Å². The van der Waals surface area contributed by atoms with Gasteiger partial charge in [0, 0.05) is 28.5 Å². The molecule has 3 aromatic rings. The van der Waals surface area contributed by atoms with Crippen LogP contribution in [0.2, 0.25) is 5.02 Å². The largest absolute Gasteiger partial charge is 0.495 e. The number of halogens is 1. The Balaban J connectivity index is 1.91. The van der Waals surface area contributed by atoms with Crippen LogP contribution in [-0.2, 0) is 11.2 Å². The van der Waals surface area contributed by atoms with Gasteiger partial charge in [0.15, 0.2) is 0 Å². The predicted molar refractivity (Wildman–Crippen MR) is 105 cm³/mol. The quantitative estimate of drug-likeness (QED) is 0.589. The maximum absolute atomic E-state index is 12.4. The van der Waals surface area contributed by atoms with Crippen molar-refractivity contribution in [2.24, 2.45) is 0 Å². The molecule has 8 heteroatoms. The Morgan fingerprint density at radius 3 is 2.50 bits per heavy atom. The van der Waals surface area contributed by atoms with Crippen molar-refractivity contribution in [2.75, 3.05) is 7.11 Å². The van der Waals surface area contributed by atoms with Gasteiger partial charge >= 0.3 is 5.97 Å². The average Bonchev–Trinajstić information content (AvgIpc) is 2.67. The number of amides is 1. The minimum absolute atomic E-state index is 0.0290. The molecule has 7 nitrogen and oxygen atoms in total. The Kier molecular flexibility index (Phi) is 5.65. The first-order chi connectivity index (χ1) is 13.4. The standard InChI is InChI=1S/C20H17ClN2O5/c1-28-16-8-4-12(14-7-9-17(24)23-18(14)16)10-15(20(26)27)22-19(25)11-2-5-13(21)6-3-11/h2-9,15H,10H2,1H3,(H,22,25)(H,23,24)(H,26,27). The van der Waals surface area contributed by atoms with Crippen LogP contribution in [0.25, 0.3) is 10.9 Å². The van der Waals surface area contributed by atoms with Gasteiger partial charge in [0.2, 0.25) is 5.56 Å². The van der Waals surface area contributed by atoms with E-state index in [1.165, 1.54) is 25.3 Å². The SMILES string of the molecule is COc1ccc(CC(NC(=O)c2ccc(Cl)cc2)C(=O)O)c2ccc(=O)[nH]c12. The second-order valence-corrected chi connectivity index (χ2v) is 6.55. The number of hydrogen-bond donors (Lipinski definition) is 3. The maximum atomic E-state index is 12.4. The number of rotatable bonds is 6. The number of carboxylic acid groups (broad SMARTS) is 1. The highest BCUT2D eigenvalue weighted by atomic mass is 35.5. The molecular weight excluding hydrogens is 384 g/mol. The number of aromatic nitrogens is 1. The molecule has 2 aromatic carbocycles. The highest BCUT2D eigenvalue weighted by Crippen LogP contribution is 2.26. The Hall–Kier alpha value is -3.32. The molecule has 28 heavy (non-hydrogen) atoms. The van der Waals surface area contributed by atoms with Gasteiger partial charge in [-0.15, -0.1) is 0 Å². The molecule has 1 aromatic heterocycles. The number of benzene rings is 2. The van der Waals surface area contributed by atoms with Crippen LogP contribution >= 0.6 is 11.6 Å². The second-order valence-electron chi connectivity index (χ2n) is 6.11. The van der Waals surface area contributed by atoms with E-state index in [2.05, 4.69) is 10.3 Å². The molecule has 3 N–H and O–H groups in total. The Bertz CT molecular complexity index is 1090. The molecule has 1 amide bonds. The first kappa shape index (κ1) is 19.4. The molecule has 0 aliphatic carbocycles. The zero-order valence-electron chi connectivity index (χ0n) is 14.9. The summed E-state index contributed by atoms with van der Waals surface area (Å²) in [6, 6.07) is 11.3. The first-order valence-electron chi connectivity index (χ1n) is 8.37. The van der Waals surface area contributed by atoms with E-state index in [1.54, 1.807) is 30.3 Å². The number of hydrogen-bond acceptors (Lipinski definition) is 4. The van der Waals surface area contributed by atoms with Gasteiger partial charge in [0.1, 0.15) is 11.8 Å². The normalized spacial score (nSPS) is 11.8. The first-order valence-corrected chi connectivity index (χ1v) is 8.75. The monoisotopic (exact) mass is 400 g/mol. The lowest BCUT2D eigenvalue weighted by atomic mass is 10.00. The molecule has 3 rings (SSSR count). The van der Waals surface area contributed by atoms with E-state index >= 15 is 0 Å². The summed E-state index contributed by atoms with van der Waals surface area (Å²) in [4.78, 5) is 38.4. The van der Waals surface area contributed by atoms with Gasteiger partial charge in [-0.25, -0.2) is 4.79 Å². The number of aliphatic carboxylic acids is 1. The number of fused-ring (bicyclic) bond motifs is 1. The number of carbonyl (C=O) groups excluding carboxylic acids is 1. The minimum atomic E-state index is -1.17. The number of carboxylic acids is 1. The van der Waals surface area contributed by atoms with Crippen LogP contribution in [-0.4, -0.2) is 35.1 Å². The fourth-order valence-electron chi connectivity index (χ4n) is 2.90. The molecule has 0 bridgehead atoms. The highest BCUT2D eigenvalue weighted by molar-refractivity contribution is 6.30. The second kappa shape index (κ2) is 8.14. The Morgan fingerprint density at radius 1 is 1.14 bits per heavy atom. The lowest BCUT2D eigenvalue weighted by molar-refractivity contribution is -0.139. The van der Waals surface area contributed by atoms with Crippen LogP contribution in [0.1, 0.15) is 15.9 Å². The number of H-pyrrole nitrogens is 1. The van der Waals surface area contributed by atoms with Crippen LogP contribution in [0.15, 0.2) is 53.3 Å². The lowest BCUT2D eigenvalue weighted by Gasteiger charge is -2.17. The molecule has 0 spiro atoms. The Labute approximate surface area is 164 Å². The summed E-state index contributed by atoms with van der Waals surface area (Å²) in [5.41, 5.74) is 1.13. The van der Waals surface area contributed by atoms with Gasteiger partial charge in [0.05, 0.1) is 12.6 Å². The van der Waals surface area contributed by atoms with E-state index in [0.29, 0.717) is 32.8 Å². The van der Waals surface area contributed by atoms with Gasteiger partial charge in [0.25, 0.3) is 5.91 Å². The molecule has 144 valence electrons. The molecule has 1 heterocycles. The number of aromatic amines is 1. The van der Waals surface area contributed by atoms with E-state index in [1.807, 2.05) is 0 Å². The van der Waals surface area contributed by atoms with Crippen molar-refractivity contribution in [2.45, 2.75) is 12.5 Å². The summed E-state index contributed by atoms with van der Waals surface area (Å²) in [7, 11) is 1.48. The van der Waals surface area contributed by atoms with Crippen LogP contribution in [0.5, 0.6) is 5.75 Å². The summed E-state index contributed by atoms with van der Waals surface area (Å²) in [5, 5.41) is 13.2. The third kappa shape index (κ3) is 4.15. The summed E-state index contributed by atoms with van der Waals surface area (Å²) in [6.45, 7) is 0. The van der Waals surface area contributed by atoms with Gasteiger partial charge in [-0.3, -0.25) is 9.59 Å². The summed E-state index contributed by atoms with van der Waals surface area (Å²) >= 11 is 5.81.